The van der Waals surface area contributed by atoms with Crippen LogP contribution in [0.4, 0.5) is 11.6 Å². The van der Waals surface area contributed by atoms with Gasteiger partial charge in [0.25, 0.3) is 11.8 Å². The molecule has 0 N–H and O–H groups in total. The Morgan fingerprint density at radius 1 is 0.592 bits per heavy atom. The quantitative estimate of drug-likeness (QED) is 0.275. The van der Waals surface area contributed by atoms with Crippen LogP contribution < -0.4 is 33.5 Å². The first kappa shape index (κ1) is 31.4. The van der Waals surface area contributed by atoms with E-state index in [0.29, 0.717) is 49.5 Å². The normalized spacial score (nSPS) is 21.0. The lowest BCUT2D eigenvalue weighted by atomic mass is 10.2. The highest BCUT2D eigenvalue weighted by Crippen LogP contribution is 2.36. The van der Waals surface area contributed by atoms with Crippen molar-refractivity contribution in [1.29, 1.82) is 0 Å². The van der Waals surface area contributed by atoms with Crippen molar-refractivity contribution in [2.75, 3.05) is 89.5 Å². The molecular formula is C36H42N8O5. The lowest BCUT2D eigenvalue weighted by Gasteiger charge is -2.35. The first-order valence-corrected chi connectivity index (χ1v) is 17.1. The van der Waals surface area contributed by atoms with E-state index in [1.807, 2.05) is 48.5 Å². The number of likely N-dealkylation sites (N-methyl/N-ethyl adjacent to an activating group) is 2. The minimum atomic E-state index is -0.175. The van der Waals surface area contributed by atoms with Gasteiger partial charge in [-0.15, -0.1) is 0 Å². The van der Waals surface area contributed by atoms with Gasteiger partial charge >= 0.3 is 0 Å². The summed E-state index contributed by atoms with van der Waals surface area (Å²) >= 11 is 0. The van der Waals surface area contributed by atoms with E-state index < -0.39 is 0 Å². The standard InChI is InChI=1S/C36H42N8O5/c1-41-11-15-43(16-12-41)33-35(37-21-25(39-33)19-27-23-45-29-7-3-5-9-31(29)47-27)49-36-34(44-17-13-42(2)14-18-44)40-26(22-38-36)20-28-24-46-30-8-4-6-10-32(30)48-28/h3-10,21-22,27-28H,11-20,23-24H2,1-2H3. The third kappa shape index (κ3) is 7.13. The molecule has 6 heterocycles. The zero-order chi connectivity index (χ0) is 33.2. The van der Waals surface area contributed by atoms with Crippen LogP contribution in [0, 0.1) is 0 Å². The van der Waals surface area contributed by atoms with Crippen LogP contribution in [0.15, 0.2) is 60.9 Å². The molecule has 256 valence electrons. The molecule has 4 aromatic rings. The van der Waals surface area contributed by atoms with Crippen LogP contribution in [0.1, 0.15) is 11.4 Å². The van der Waals surface area contributed by atoms with E-state index in [4.69, 9.17) is 43.6 Å². The number of hydrogen-bond acceptors (Lipinski definition) is 13. The molecule has 13 nitrogen and oxygen atoms in total. The Bertz CT molecular complexity index is 1630. The lowest BCUT2D eigenvalue weighted by molar-refractivity contribution is 0.0905. The summed E-state index contributed by atoms with van der Waals surface area (Å²) in [5.74, 6) is 5.25. The second-order valence-electron chi connectivity index (χ2n) is 13.1. The second kappa shape index (κ2) is 13.9. The molecule has 2 aromatic carbocycles. The Hall–Kier alpha value is -4.88. The molecule has 0 saturated carbocycles. The smallest absolute Gasteiger partial charge is 0.264 e. The molecule has 0 amide bonds. The summed E-state index contributed by atoms with van der Waals surface area (Å²) in [6.45, 7) is 7.80. The van der Waals surface area contributed by atoms with Gasteiger partial charge in [-0.25, -0.2) is 19.9 Å². The average Bonchev–Trinajstić information content (AvgIpc) is 3.13. The van der Waals surface area contributed by atoms with Gasteiger partial charge in [-0.05, 0) is 38.4 Å². The van der Waals surface area contributed by atoms with Crippen molar-refractivity contribution in [1.82, 2.24) is 29.7 Å². The highest BCUT2D eigenvalue weighted by molar-refractivity contribution is 5.55. The number of benzene rings is 2. The third-order valence-electron chi connectivity index (χ3n) is 9.35. The van der Waals surface area contributed by atoms with Crippen molar-refractivity contribution < 1.29 is 23.7 Å². The molecule has 49 heavy (non-hydrogen) atoms. The number of fused-ring (bicyclic) bond motifs is 2. The molecule has 0 aliphatic carbocycles. The number of aromatic nitrogens is 4. The molecule has 2 fully saturated rings. The molecule has 4 aliphatic heterocycles. The summed E-state index contributed by atoms with van der Waals surface area (Å²) < 4.78 is 31.0. The van der Waals surface area contributed by atoms with Gasteiger partial charge in [-0.2, -0.15) is 0 Å². The van der Waals surface area contributed by atoms with Gasteiger partial charge in [0.05, 0.1) is 23.8 Å². The summed E-state index contributed by atoms with van der Waals surface area (Å²) in [6, 6.07) is 15.5. The minimum Gasteiger partial charge on any atom is -0.486 e. The summed E-state index contributed by atoms with van der Waals surface area (Å²) in [6.07, 6.45) is 4.31. The van der Waals surface area contributed by atoms with Crippen LogP contribution in [0.25, 0.3) is 0 Å². The predicted octanol–water partition coefficient (Wildman–Crippen LogP) is 3.33. The fourth-order valence-electron chi connectivity index (χ4n) is 6.48. The number of anilines is 2. The number of hydrogen-bond donors (Lipinski definition) is 0. The van der Waals surface area contributed by atoms with Gasteiger partial charge in [0.15, 0.2) is 34.6 Å². The maximum absolute atomic E-state index is 6.61. The Morgan fingerprint density at radius 3 is 1.43 bits per heavy atom. The Morgan fingerprint density at radius 2 is 1.00 bits per heavy atom. The average molecular weight is 667 g/mol. The molecule has 2 unspecified atom stereocenters. The van der Waals surface area contributed by atoms with Crippen LogP contribution >= 0.6 is 0 Å². The number of para-hydroxylation sites is 4. The highest BCUT2D eigenvalue weighted by atomic mass is 16.6. The number of nitrogens with zero attached hydrogens (tertiary/aromatic N) is 8. The molecule has 0 spiro atoms. The molecule has 4 aliphatic rings. The van der Waals surface area contributed by atoms with E-state index in [2.05, 4.69) is 33.7 Å². The van der Waals surface area contributed by atoms with Gasteiger partial charge in [0.2, 0.25) is 0 Å². The topological polar surface area (TPSA) is 111 Å². The fraction of sp³-hybridized carbons (Fsp3) is 0.444. The van der Waals surface area contributed by atoms with Crippen molar-refractivity contribution in [3.63, 3.8) is 0 Å². The zero-order valence-electron chi connectivity index (χ0n) is 28.0. The van der Waals surface area contributed by atoms with Gasteiger partial charge in [0, 0.05) is 65.2 Å². The van der Waals surface area contributed by atoms with E-state index in [1.165, 1.54) is 0 Å². The molecule has 2 atom stereocenters. The second-order valence-corrected chi connectivity index (χ2v) is 13.1. The Kier molecular flexibility index (Phi) is 8.92. The van der Waals surface area contributed by atoms with Gasteiger partial charge < -0.3 is 43.3 Å². The SMILES string of the molecule is CN1CCN(c2nc(CC3COc4ccccc4O3)cnc2Oc2ncc(CC3COc4ccccc4O3)nc2N2CCN(C)CC2)CC1. The van der Waals surface area contributed by atoms with Gasteiger partial charge in [0.1, 0.15) is 25.4 Å². The number of ether oxygens (including phenoxy) is 5. The number of piperazine rings is 2. The molecule has 2 saturated heterocycles. The summed E-state index contributed by atoms with van der Waals surface area (Å²) in [5, 5.41) is 0. The number of rotatable bonds is 8. The van der Waals surface area contributed by atoms with E-state index in [0.717, 1.165) is 86.7 Å². The predicted molar refractivity (Wildman–Crippen MR) is 184 cm³/mol. The zero-order valence-corrected chi connectivity index (χ0v) is 28.0. The molecule has 0 bridgehead atoms. The van der Waals surface area contributed by atoms with Crippen LogP contribution in [0.2, 0.25) is 0 Å². The molecule has 8 rings (SSSR count). The minimum absolute atomic E-state index is 0.175. The lowest BCUT2D eigenvalue weighted by Crippen LogP contribution is -2.45. The summed E-state index contributed by atoms with van der Waals surface area (Å²) in [4.78, 5) is 29.0. The third-order valence-corrected chi connectivity index (χ3v) is 9.35. The van der Waals surface area contributed by atoms with E-state index >= 15 is 0 Å². The molecule has 2 aromatic heterocycles. The Balaban J connectivity index is 1.06. The monoisotopic (exact) mass is 666 g/mol. The van der Waals surface area contributed by atoms with Crippen molar-refractivity contribution in [2.45, 2.75) is 25.0 Å². The van der Waals surface area contributed by atoms with E-state index in [1.54, 1.807) is 12.4 Å². The summed E-state index contributed by atoms with van der Waals surface area (Å²) in [5.41, 5.74) is 1.62. The van der Waals surface area contributed by atoms with E-state index in [9.17, 15) is 0 Å². The van der Waals surface area contributed by atoms with Crippen molar-refractivity contribution in [2.24, 2.45) is 0 Å². The van der Waals surface area contributed by atoms with Crippen LogP contribution in [-0.2, 0) is 12.8 Å². The van der Waals surface area contributed by atoms with Crippen LogP contribution in [-0.4, -0.2) is 122 Å². The highest BCUT2D eigenvalue weighted by Gasteiger charge is 2.29. The van der Waals surface area contributed by atoms with Crippen LogP contribution in [0.3, 0.4) is 0 Å². The maximum Gasteiger partial charge on any atom is 0.264 e. The largest absolute Gasteiger partial charge is 0.486 e. The molecule has 0 radical (unpaired) electrons. The van der Waals surface area contributed by atoms with Gasteiger partial charge in [-0.3, -0.25) is 0 Å². The maximum atomic E-state index is 6.61. The fourth-order valence-corrected chi connectivity index (χ4v) is 6.48. The van der Waals surface area contributed by atoms with Crippen LogP contribution in [0.5, 0.6) is 34.8 Å². The van der Waals surface area contributed by atoms with Crippen molar-refractivity contribution in [3.8, 4) is 34.8 Å². The van der Waals surface area contributed by atoms with Crippen molar-refractivity contribution in [3.05, 3.63) is 72.3 Å². The molecule has 13 heteroatoms. The van der Waals surface area contributed by atoms with E-state index in [-0.39, 0.29) is 12.2 Å². The Labute approximate surface area is 286 Å². The first-order chi connectivity index (χ1) is 24.0. The first-order valence-electron chi connectivity index (χ1n) is 17.1. The summed E-state index contributed by atoms with van der Waals surface area (Å²) in [7, 11) is 4.27. The van der Waals surface area contributed by atoms with Gasteiger partial charge in [-0.1, -0.05) is 24.3 Å². The van der Waals surface area contributed by atoms with Crippen molar-refractivity contribution >= 4 is 11.6 Å². The molecular weight excluding hydrogens is 624 g/mol.